The molecular formula is C9H6INO2. The normalized spacial score (nSPS) is 10.2. The summed E-state index contributed by atoms with van der Waals surface area (Å²) in [4.78, 5) is 13.9. The van der Waals surface area contributed by atoms with E-state index in [2.05, 4.69) is 4.98 Å². The summed E-state index contributed by atoms with van der Waals surface area (Å²) >= 11 is 1.81. The molecule has 13 heavy (non-hydrogen) atoms. The fourth-order valence-corrected chi connectivity index (χ4v) is 1.49. The van der Waals surface area contributed by atoms with Gasteiger partial charge in [0.25, 0.3) is 5.56 Å². The molecule has 0 fully saturated rings. The summed E-state index contributed by atoms with van der Waals surface area (Å²) in [5.74, 6) is 0.749. The Morgan fingerprint density at radius 3 is 2.92 bits per heavy atom. The van der Waals surface area contributed by atoms with Crippen LogP contribution in [0.4, 0.5) is 0 Å². The Hall–Kier alpha value is -1.04. The van der Waals surface area contributed by atoms with Crippen LogP contribution in [-0.4, -0.2) is 4.98 Å². The fourth-order valence-electron chi connectivity index (χ4n) is 1.22. The number of hydrogen-bond donors (Lipinski definition) is 1. The predicted octanol–water partition coefficient (Wildman–Crippen LogP) is 2.26. The first-order valence-corrected chi connectivity index (χ1v) is 4.59. The van der Waals surface area contributed by atoms with Crippen molar-refractivity contribution in [3.8, 4) is 5.75 Å². The molecule has 0 amide bonds. The number of halogens is 1. The Morgan fingerprint density at radius 1 is 1.31 bits per heavy atom. The quantitative estimate of drug-likeness (QED) is 0.817. The van der Waals surface area contributed by atoms with Crippen LogP contribution in [0.15, 0.2) is 35.3 Å². The van der Waals surface area contributed by atoms with Crippen molar-refractivity contribution in [3.63, 3.8) is 0 Å². The first kappa shape index (κ1) is 8.55. The summed E-state index contributed by atoms with van der Waals surface area (Å²) in [6, 6.07) is 7.19. The van der Waals surface area contributed by atoms with Gasteiger partial charge >= 0.3 is 0 Å². The number of hydrogen-bond acceptors (Lipinski definition) is 2. The minimum atomic E-state index is -0.0718. The molecule has 2 rings (SSSR count). The minimum Gasteiger partial charge on any atom is -0.428 e. The maximum absolute atomic E-state index is 11.3. The van der Waals surface area contributed by atoms with Crippen LogP contribution in [0.3, 0.4) is 0 Å². The highest BCUT2D eigenvalue weighted by atomic mass is 127. The van der Waals surface area contributed by atoms with Gasteiger partial charge in [-0.05, 0) is 29.7 Å². The van der Waals surface area contributed by atoms with Gasteiger partial charge in [0.2, 0.25) is 0 Å². The molecule has 0 saturated carbocycles. The third kappa shape index (κ3) is 1.53. The second-order valence-electron chi connectivity index (χ2n) is 2.63. The monoisotopic (exact) mass is 287 g/mol. The van der Waals surface area contributed by atoms with Crippen LogP contribution < -0.4 is 8.63 Å². The maximum atomic E-state index is 11.3. The van der Waals surface area contributed by atoms with Crippen molar-refractivity contribution in [1.29, 1.82) is 0 Å². The number of H-pyrrole nitrogens is 1. The van der Waals surface area contributed by atoms with Gasteiger partial charge in [-0.1, -0.05) is 0 Å². The lowest BCUT2D eigenvalue weighted by Gasteiger charge is -1.98. The first-order valence-electron chi connectivity index (χ1n) is 3.71. The minimum absolute atomic E-state index is 0.0718. The van der Waals surface area contributed by atoms with Crippen LogP contribution in [-0.2, 0) is 0 Å². The average Bonchev–Trinajstić information content (AvgIpc) is 2.18. The standard InChI is InChI=1S/C9H6INO2/c10-13-7-1-2-8-6(5-7)3-4-11-9(8)12/h1-5H,(H,11,12). The number of aromatic amines is 1. The number of aromatic nitrogens is 1. The van der Waals surface area contributed by atoms with E-state index in [9.17, 15) is 4.79 Å². The van der Waals surface area contributed by atoms with Crippen LogP contribution >= 0.6 is 23.0 Å². The lowest BCUT2D eigenvalue weighted by molar-refractivity contribution is 0.718. The summed E-state index contributed by atoms with van der Waals surface area (Å²) in [5, 5.41) is 1.57. The van der Waals surface area contributed by atoms with Crippen LogP contribution in [0.1, 0.15) is 0 Å². The molecule has 0 saturated heterocycles. The van der Waals surface area contributed by atoms with E-state index in [-0.39, 0.29) is 5.56 Å². The van der Waals surface area contributed by atoms with Gasteiger partial charge in [-0.2, -0.15) is 0 Å². The Kier molecular flexibility index (Phi) is 2.22. The van der Waals surface area contributed by atoms with E-state index < -0.39 is 0 Å². The van der Waals surface area contributed by atoms with Gasteiger partial charge in [0.15, 0.2) is 23.0 Å². The van der Waals surface area contributed by atoms with E-state index in [1.54, 1.807) is 18.3 Å². The largest absolute Gasteiger partial charge is 0.428 e. The average molecular weight is 287 g/mol. The molecule has 0 aliphatic heterocycles. The zero-order valence-corrected chi connectivity index (χ0v) is 8.74. The van der Waals surface area contributed by atoms with E-state index in [1.807, 2.05) is 35.1 Å². The Bertz CT molecular complexity index is 492. The van der Waals surface area contributed by atoms with Gasteiger partial charge < -0.3 is 8.05 Å². The van der Waals surface area contributed by atoms with Gasteiger partial charge in [-0.25, -0.2) is 0 Å². The van der Waals surface area contributed by atoms with E-state index in [0.717, 1.165) is 11.1 Å². The molecule has 1 aromatic carbocycles. The summed E-state index contributed by atoms with van der Waals surface area (Å²) in [5.41, 5.74) is -0.0718. The molecule has 1 N–H and O–H groups in total. The molecule has 0 bridgehead atoms. The summed E-state index contributed by atoms with van der Waals surface area (Å²) in [7, 11) is 0. The zero-order valence-electron chi connectivity index (χ0n) is 6.58. The molecule has 0 aliphatic rings. The summed E-state index contributed by atoms with van der Waals surface area (Å²) in [6.45, 7) is 0. The molecule has 2 aromatic rings. The zero-order chi connectivity index (χ0) is 9.26. The highest BCUT2D eigenvalue weighted by molar-refractivity contribution is 14.1. The highest BCUT2D eigenvalue weighted by Crippen LogP contribution is 2.19. The van der Waals surface area contributed by atoms with E-state index >= 15 is 0 Å². The van der Waals surface area contributed by atoms with Crippen LogP contribution in [0.2, 0.25) is 0 Å². The fraction of sp³-hybridized carbons (Fsp3) is 0. The van der Waals surface area contributed by atoms with Crippen molar-refractivity contribution in [3.05, 3.63) is 40.8 Å². The third-order valence-corrected chi connectivity index (χ3v) is 2.34. The topological polar surface area (TPSA) is 42.1 Å². The van der Waals surface area contributed by atoms with E-state index in [1.165, 1.54) is 0 Å². The molecule has 0 radical (unpaired) electrons. The van der Waals surface area contributed by atoms with Crippen LogP contribution in [0.5, 0.6) is 5.75 Å². The molecule has 3 nitrogen and oxygen atoms in total. The van der Waals surface area contributed by atoms with Gasteiger partial charge in [-0.3, -0.25) is 4.79 Å². The van der Waals surface area contributed by atoms with Gasteiger partial charge in [0.1, 0.15) is 5.75 Å². The highest BCUT2D eigenvalue weighted by Gasteiger charge is 1.98. The Morgan fingerprint density at radius 2 is 2.15 bits per heavy atom. The molecular weight excluding hydrogens is 281 g/mol. The van der Waals surface area contributed by atoms with Crippen molar-refractivity contribution in [2.45, 2.75) is 0 Å². The molecule has 0 spiro atoms. The van der Waals surface area contributed by atoms with Crippen molar-refractivity contribution in [2.75, 3.05) is 0 Å². The van der Waals surface area contributed by atoms with Gasteiger partial charge in [0, 0.05) is 11.6 Å². The third-order valence-electron chi connectivity index (χ3n) is 1.83. The summed E-state index contributed by atoms with van der Waals surface area (Å²) in [6.07, 6.45) is 1.63. The van der Waals surface area contributed by atoms with E-state index in [0.29, 0.717) is 5.39 Å². The molecule has 4 heteroatoms. The van der Waals surface area contributed by atoms with Crippen molar-refractivity contribution < 1.29 is 3.07 Å². The van der Waals surface area contributed by atoms with Gasteiger partial charge in [-0.15, -0.1) is 0 Å². The number of benzene rings is 1. The van der Waals surface area contributed by atoms with Crippen molar-refractivity contribution >= 4 is 33.8 Å². The molecule has 1 heterocycles. The van der Waals surface area contributed by atoms with E-state index in [4.69, 9.17) is 3.07 Å². The van der Waals surface area contributed by atoms with Crippen LogP contribution in [0.25, 0.3) is 10.8 Å². The molecule has 1 aromatic heterocycles. The second kappa shape index (κ2) is 3.37. The maximum Gasteiger partial charge on any atom is 0.255 e. The predicted molar refractivity (Wildman–Crippen MR) is 59.2 cm³/mol. The molecule has 0 unspecified atom stereocenters. The van der Waals surface area contributed by atoms with Crippen LogP contribution in [0, 0.1) is 0 Å². The molecule has 0 aliphatic carbocycles. The Balaban J connectivity index is 2.80. The van der Waals surface area contributed by atoms with Gasteiger partial charge in [0.05, 0.1) is 0 Å². The molecule has 0 atom stereocenters. The lowest BCUT2D eigenvalue weighted by atomic mass is 10.2. The summed E-state index contributed by atoms with van der Waals surface area (Å²) < 4.78 is 5.02. The number of fused-ring (bicyclic) bond motifs is 1. The van der Waals surface area contributed by atoms with Crippen molar-refractivity contribution in [1.82, 2.24) is 4.98 Å². The van der Waals surface area contributed by atoms with Crippen molar-refractivity contribution in [2.24, 2.45) is 0 Å². The smallest absolute Gasteiger partial charge is 0.255 e. The number of rotatable bonds is 1. The Labute approximate surface area is 88.4 Å². The molecule has 66 valence electrons. The first-order chi connectivity index (χ1) is 6.31. The number of pyridine rings is 1. The number of nitrogens with one attached hydrogen (secondary N) is 1. The second-order valence-corrected chi connectivity index (χ2v) is 3.07. The SMILES string of the molecule is O=c1[nH]ccc2cc(OI)ccc12. The lowest BCUT2D eigenvalue weighted by Crippen LogP contribution is -2.03.